The van der Waals surface area contributed by atoms with Crippen LogP contribution in [0.2, 0.25) is 0 Å². The van der Waals surface area contributed by atoms with Crippen LogP contribution in [-0.4, -0.2) is 71.1 Å². The third kappa shape index (κ3) is 10.5. The van der Waals surface area contributed by atoms with Crippen molar-refractivity contribution < 1.29 is 14.4 Å². The molecule has 244 valence electrons. The molecule has 0 radical (unpaired) electrons. The number of aromatic nitrogens is 1. The number of piperidine rings is 1. The summed E-state index contributed by atoms with van der Waals surface area (Å²) >= 11 is 1.51. The number of nitrogens with zero attached hydrogens (tertiary/aromatic N) is 3. The van der Waals surface area contributed by atoms with Crippen molar-refractivity contribution in [2.75, 3.05) is 20.6 Å². The third-order valence-electron chi connectivity index (χ3n) is 9.15. The first kappa shape index (κ1) is 35.9. The Labute approximate surface area is 270 Å². The van der Waals surface area contributed by atoms with E-state index in [2.05, 4.69) is 50.0 Å². The summed E-state index contributed by atoms with van der Waals surface area (Å²) in [6.07, 6.45) is 6.52. The highest BCUT2D eigenvalue weighted by Gasteiger charge is 2.35. The maximum absolute atomic E-state index is 13.8. The van der Waals surface area contributed by atoms with Gasteiger partial charge in [-0.25, -0.2) is 4.98 Å². The number of rotatable bonds is 16. The van der Waals surface area contributed by atoms with E-state index < -0.39 is 0 Å². The Morgan fingerprint density at radius 1 is 1.05 bits per heavy atom. The van der Waals surface area contributed by atoms with Crippen LogP contribution in [0.5, 0.6) is 0 Å². The molecule has 0 aliphatic carbocycles. The molecule has 7 nitrogen and oxygen atoms in total. The average Bonchev–Trinajstić information content (AvgIpc) is 3.45. The maximum Gasteiger partial charge on any atom is 0.270 e. The van der Waals surface area contributed by atoms with Crippen LogP contribution in [0.3, 0.4) is 0 Å². The number of benzene rings is 1. The molecule has 1 aromatic heterocycles. The van der Waals surface area contributed by atoms with E-state index in [0.717, 1.165) is 50.1 Å². The summed E-state index contributed by atoms with van der Waals surface area (Å²) in [5.74, 6) is 0.584. The lowest BCUT2D eigenvalue weighted by Gasteiger charge is -2.36. The van der Waals surface area contributed by atoms with E-state index in [1.807, 2.05) is 56.4 Å². The van der Waals surface area contributed by atoms with E-state index in [9.17, 15) is 14.4 Å². The molecule has 1 saturated heterocycles. The highest BCUT2D eigenvalue weighted by atomic mass is 32.1. The second-order valence-corrected chi connectivity index (χ2v) is 14.9. The quantitative estimate of drug-likeness (QED) is 0.226. The number of nitrogens with one attached hydrogen (secondary N) is 1. The minimum Gasteiger partial charge on any atom is -0.348 e. The van der Waals surface area contributed by atoms with Gasteiger partial charge >= 0.3 is 0 Å². The Hall–Kier alpha value is -2.58. The van der Waals surface area contributed by atoms with Crippen LogP contribution >= 0.6 is 11.3 Å². The number of hydrogen-bond donors (Lipinski definition) is 1. The van der Waals surface area contributed by atoms with Gasteiger partial charge in [0, 0.05) is 43.3 Å². The topological polar surface area (TPSA) is 82.6 Å². The molecule has 2 heterocycles. The zero-order valence-corrected chi connectivity index (χ0v) is 29.2. The normalized spacial score (nSPS) is 17.9. The van der Waals surface area contributed by atoms with Crippen LogP contribution in [-0.2, 0) is 22.4 Å². The minimum atomic E-state index is -0.325. The van der Waals surface area contributed by atoms with Crippen LogP contribution in [0.4, 0.5) is 0 Å². The molecular formula is C36H56N4O3S. The fraction of sp³-hybridized carbons (Fsp3) is 0.667. The van der Waals surface area contributed by atoms with Crippen molar-refractivity contribution in [3.8, 4) is 0 Å². The number of Topliss-reactive ketones (excluding diaryl/α,β-unsaturated/α-hetero) is 1. The van der Waals surface area contributed by atoms with Gasteiger partial charge in [0.1, 0.15) is 5.69 Å². The molecule has 0 unspecified atom stereocenters. The molecule has 1 aromatic carbocycles. The van der Waals surface area contributed by atoms with Crippen molar-refractivity contribution in [3.05, 3.63) is 52.0 Å². The molecule has 2 aromatic rings. The van der Waals surface area contributed by atoms with Gasteiger partial charge in [-0.1, -0.05) is 78.3 Å². The number of likely N-dealkylation sites (tertiary alicyclic amines) is 1. The molecule has 1 fully saturated rings. The van der Waals surface area contributed by atoms with Gasteiger partial charge in [0.05, 0.1) is 11.0 Å². The summed E-state index contributed by atoms with van der Waals surface area (Å²) in [6, 6.07) is 10.3. The number of aryl methyl sites for hydroxylation is 1. The number of carbonyl (C=O) groups is 3. The lowest BCUT2D eigenvalue weighted by atomic mass is 9.85. The number of ketones is 1. The van der Waals surface area contributed by atoms with Gasteiger partial charge in [-0.3, -0.25) is 19.3 Å². The third-order valence-corrected chi connectivity index (χ3v) is 10.1. The highest BCUT2D eigenvalue weighted by molar-refractivity contribution is 7.09. The molecule has 3 rings (SSSR count). The van der Waals surface area contributed by atoms with Gasteiger partial charge in [-0.05, 0) is 69.0 Å². The monoisotopic (exact) mass is 624 g/mol. The molecule has 0 saturated carbocycles. The first-order chi connectivity index (χ1) is 20.9. The summed E-state index contributed by atoms with van der Waals surface area (Å²) in [5.41, 5.74) is 1.67. The number of hydrogen-bond acceptors (Lipinski definition) is 6. The zero-order chi connectivity index (χ0) is 32.4. The van der Waals surface area contributed by atoms with Crippen LogP contribution in [0.15, 0.2) is 35.7 Å². The smallest absolute Gasteiger partial charge is 0.270 e. The van der Waals surface area contributed by atoms with Gasteiger partial charge in [0.25, 0.3) is 5.91 Å². The Bertz CT molecular complexity index is 1190. The Kier molecular flexibility index (Phi) is 14.0. The van der Waals surface area contributed by atoms with Gasteiger partial charge in [0.2, 0.25) is 5.91 Å². The minimum absolute atomic E-state index is 0.0127. The second-order valence-electron chi connectivity index (χ2n) is 13.9. The number of carbonyl (C=O) groups excluding carboxylic acids is 3. The molecule has 1 N–H and O–H groups in total. The van der Waals surface area contributed by atoms with Gasteiger partial charge in [0.15, 0.2) is 5.78 Å². The van der Waals surface area contributed by atoms with Crippen molar-refractivity contribution in [1.29, 1.82) is 0 Å². The Balaban J connectivity index is 1.61. The van der Waals surface area contributed by atoms with Crippen LogP contribution in [0.1, 0.15) is 101 Å². The van der Waals surface area contributed by atoms with Crippen molar-refractivity contribution in [2.45, 2.75) is 111 Å². The van der Waals surface area contributed by atoms with Crippen molar-refractivity contribution >= 4 is 28.9 Å². The predicted octanol–water partition coefficient (Wildman–Crippen LogP) is 6.66. The Morgan fingerprint density at radius 2 is 1.75 bits per heavy atom. The summed E-state index contributed by atoms with van der Waals surface area (Å²) in [6.45, 7) is 13.7. The molecule has 2 amide bonds. The molecule has 1 aliphatic rings. The maximum atomic E-state index is 13.8. The number of amides is 2. The molecule has 4 atom stereocenters. The molecular weight excluding hydrogens is 568 g/mol. The van der Waals surface area contributed by atoms with Gasteiger partial charge < -0.3 is 10.2 Å². The molecule has 0 spiro atoms. The largest absolute Gasteiger partial charge is 0.348 e. The predicted molar refractivity (Wildman–Crippen MR) is 181 cm³/mol. The van der Waals surface area contributed by atoms with Crippen molar-refractivity contribution in [1.82, 2.24) is 20.1 Å². The fourth-order valence-corrected chi connectivity index (χ4v) is 7.36. The van der Waals surface area contributed by atoms with E-state index >= 15 is 0 Å². The van der Waals surface area contributed by atoms with Crippen molar-refractivity contribution in [3.63, 3.8) is 0 Å². The van der Waals surface area contributed by atoms with Crippen LogP contribution in [0.25, 0.3) is 0 Å². The van der Waals surface area contributed by atoms with E-state index in [1.165, 1.54) is 16.9 Å². The molecule has 1 aliphatic heterocycles. The summed E-state index contributed by atoms with van der Waals surface area (Å²) in [5, 5.41) is 5.98. The second kappa shape index (κ2) is 17.2. The van der Waals surface area contributed by atoms with Crippen molar-refractivity contribution in [2.24, 2.45) is 23.7 Å². The standard InChI is InChI=1S/C36H56N4O3S/c1-24(2)20-28(21-27-14-10-9-11-15-27)37-35(42)30-23-44-34(38-30)18-17-31(26(5)6)40(8)36(43)29(25(3)4)22-33(41)32-16-12-13-19-39(32)7/h9-11,14-15,23-26,28-29,31-32H,12-13,16-22H2,1-8H3,(H,37,42)/t28-,29+,31-,32-/m1/s1. The van der Waals surface area contributed by atoms with E-state index in [4.69, 9.17) is 4.98 Å². The number of thiazole rings is 1. The summed E-state index contributed by atoms with van der Waals surface area (Å²) in [7, 11) is 3.92. The van der Waals surface area contributed by atoms with E-state index in [-0.39, 0.29) is 53.5 Å². The zero-order valence-electron chi connectivity index (χ0n) is 28.3. The van der Waals surface area contributed by atoms with Gasteiger partial charge in [-0.15, -0.1) is 11.3 Å². The van der Waals surface area contributed by atoms with E-state index in [0.29, 0.717) is 24.5 Å². The summed E-state index contributed by atoms with van der Waals surface area (Å²) < 4.78 is 0. The molecule has 0 bridgehead atoms. The summed E-state index contributed by atoms with van der Waals surface area (Å²) in [4.78, 5) is 49.1. The van der Waals surface area contributed by atoms with Crippen LogP contribution in [0, 0.1) is 23.7 Å². The SMILES string of the molecule is CC(C)C[C@H](Cc1ccccc1)NC(=O)c1csc(CC[C@H](C(C)C)N(C)C(=O)[C@@H](CC(=O)[C@H]2CCCCN2C)C(C)C)n1. The van der Waals surface area contributed by atoms with Gasteiger partial charge in [-0.2, -0.15) is 0 Å². The van der Waals surface area contributed by atoms with E-state index in [1.54, 1.807) is 0 Å². The van der Waals surface area contributed by atoms with Crippen LogP contribution < -0.4 is 5.32 Å². The molecule has 8 heteroatoms. The fourth-order valence-electron chi connectivity index (χ4n) is 6.56. The lowest BCUT2D eigenvalue weighted by Crippen LogP contribution is -2.47. The Morgan fingerprint density at radius 3 is 2.36 bits per heavy atom. The number of likely N-dealkylation sites (N-methyl/N-ethyl adjacent to an activating group) is 1. The molecule has 44 heavy (non-hydrogen) atoms. The highest BCUT2D eigenvalue weighted by Crippen LogP contribution is 2.27. The first-order valence-electron chi connectivity index (χ1n) is 16.7. The average molecular weight is 625 g/mol. The first-order valence-corrected chi connectivity index (χ1v) is 17.5. The lowest BCUT2D eigenvalue weighted by molar-refractivity contribution is -0.142.